The summed E-state index contributed by atoms with van der Waals surface area (Å²) in [6, 6.07) is 0. The molecule has 0 N–H and O–H groups in total. The van der Waals surface area contributed by atoms with Crippen molar-refractivity contribution in [1.82, 2.24) is 0 Å². The topological polar surface area (TPSA) is 61.8 Å². The Balaban J connectivity index is 1.50. The van der Waals surface area contributed by atoms with Gasteiger partial charge in [0.25, 0.3) is 0 Å². The molecule has 5 heteroatoms. The highest BCUT2D eigenvalue weighted by atomic mass is 16.6. The van der Waals surface area contributed by atoms with E-state index in [4.69, 9.17) is 14.2 Å². The van der Waals surface area contributed by atoms with Crippen LogP contribution in [0.3, 0.4) is 0 Å². The zero-order valence-corrected chi connectivity index (χ0v) is 7.02. The van der Waals surface area contributed by atoms with Crippen LogP contribution in [0.15, 0.2) is 0 Å². The first-order valence-corrected chi connectivity index (χ1v) is 4.21. The highest BCUT2D eigenvalue weighted by Crippen LogP contribution is 2.16. The third-order valence-electron chi connectivity index (χ3n) is 1.99. The molecule has 2 rings (SSSR count). The van der Waals surface area contributed by atoms with Crippen LogP contribution < -0.4 is 0 Å². The lowest BCUT2D eigenvalue weighted by Crippen LogP contribution is -2.40. The minimum Gasteiger partial charge on any atom is -0.459 e. The first-order chi connectivity index (χ1) is 6.24. The predicted octanol–water partition coefficient (Wildman–Crippen LogP) is -0.366. The van der Waals surface area contributed by atoms with Crippen LogP contribution in [0.2, 0.25) is 0 Å². The molecule has 0 amide bonds. The Labute approximate surface area is 74.9 Å². The van der Waals surface area contributed by atoms with Crippen LogP contribution in [0.4, 0.5) is 0 Å². The average molecular weight is 186 g/mol. The summed E-state index contributed by atoms with van der Waals surface area (Å²) >= 11 is 0. The van der Waals surface area contributed by atoms with Crippen molar-refractivity contribution in [2.75, 3.05) is 13.2 Å². The molecule has 0 saturated carbocycles. The summed E-state index contributed by atoms with van der Waals surface area (Å²) in [5.74, 6) is -0.354. The molecule has 0 aromatic heterocycles. The lowest BCUT2D eigenvalue weighted by atomic mass is 10.2. The summed E-state index contributed by atoms with van der Waals surface area (Å²) in [6.07, 6.45) is 0.682. The normalized spacial score (nSPS) is 31.4. The van der Waals surface area contributed by atoms with Gasteiger partial charge in [-0.3, -0.25) is 9.59 Å². The highest BCUT2D eigenvalue weighted by Gasteiger charge is 2.31. The van der Waals surface area contributed by atoms with Gasteiger partial charge in [-0.1, -0.05) is 0 Å². The predicted molar refractivity (Wildman–Crippen MR) is 39.8 cm³/mol. The fourth-order valence-electron chi connectivity index (χ4n) is 1.24. The molecule has 0 aromatic rings. The Morgan fingerprint density at radius 2 is 1.46 bits per heavy atom. The average Bonchev–Trinajstić information content (AvgIpc) is 1.97. The van der Waals surface area contributed by atoms with E-state index < -0.39 is 0 Å². The van der Waals surface area contributed by atoms with Gasteiger partial charge in [0.05, 0.1) is 26.1 Å². The fourth-order valence-corrected chi connectivity index (χ4v) is 1.24. The number of ether oxygens (including phenoxy) is 3. The van der Waals surface area contributed by atoms with Gasteiger partial charge in [0.2, 0.25) is 0 Å². The number of rotatable bonds is 4. The van der Waals surface area contributed by atoms with E-state index in [0.717, 1.165) is 0 Å². The van der Waals surface area contributed by atoms with Crippen molar-refractivity contribution in [2.24, 2.45) is 0 Å². The zero-order chi connectivity index (χ0) is 9.26. The van der Waals surface area contributed by atoms with Gasteiger partial charge in [0.15, 0.2) is 0 Å². The van der Waals surface area contributed by atoms with Crippen LogP contribution in [0, 0.1) is 0 Å². The summed E-state index contributed by atoms with van der Waals surface area (Å²) in [5, 5.41) is 0. The minimum atomic E-state index is -0.177. The maximum atomic E-state index is 10.4. The number of hydrogen-bond acceptors (Lipinski definition) is 5. The summed E-state index contributed by atoms with van der Waals surface area (Å²) in [5.41, 5.74) is 0. The molecule has 0 aromatic carbocycles. The van der Waals surface area contributed by atoms with Crippen molar-refractivity contribution in [2.45, 2.75) is 25.0 Å². The van der Waals surface area contributed by atoms with E-state index >= 15 is 0 Å². The molecular formula is C8H10O5. The number of hydrogen-bond donors (Lipinski definition) is 0. The second-order valence-electron chi connectivity index (χ2n) is 3.17. The largest absolute Gasteiger partial charge is 0.459 e. The fraction of sp³-hybridized carbons (Fsp3) is 0.750. The monoisotopic (exact) mass is 186 g/mol. The van der Waals surface area contributed by atoms with Gasteiger partial charge in [0, 0.05) is 0 Å². The molecule has 2 saturated heterocycles. The Bertz CT molecular complexity index is 197. The minimum absolute atomic E-state index is 0.0942. The van der Waals surface area contributed by atoms with Gasteiger partial charge in [-0.2, -0.15) is 0 Å². The maximum Gasteiger partial charge on any atom is 0.310 e. The molecule has 2 aliphatic heterocycles. The summed E-state index contributed by atoms with van der Waals surface area (Å²) < 4.78 is 14.6. The Morgan fingerprint density at radius 1 is 1.08 bits per heavy atom. The standard InChI is InChI=1S/C8H10O5/c9-7-1-5(12-7)3-11-4-6-2-8(10)13-6/h5-6H,1-4H2. The SMILES string of the molecule is O=C1CC(COCC2CC(=O)O2)O1. The maximum absolute atomic E-state index is 10.4. The Hall–Kier alpha value is -1.10. The number of carbonyl (C=O) groups excluding carboxylic acids is 2. The zero-order valence-electron chi connectivity index (χ0n) is 7.02. The quantitative estimate of drug-likeness (QED) is 0.561. The third kappa shape index (κ3) is 1.98. The molecule has 2 heterocycles. The first-order valence-electron chi connectivity index (χ1n) is 4.21. The molecule has 0 radical (unpaired) electrons. The van der Waals surface area contributed by atoms with Crippen LogP contribution in [0.5, 0.6) is 0 Å². The van der Waals surface area contributed by atoms with E-state index in [1.165, 1.54) is 0 Å². The van der Waals surface area contributed by atoms with E-state index in [2.05, 4.69) is 0 Å². The molecule has 2 aliphatic rings. The van der Waals surface area contributed by atoms with Crippen molar-refractivity contribution in [3.8, 4) is 0 Å². The van der Waals surface area contributed by atoms with Crippen LogP contribution in [0.25, 0.3) is 0 Å². The molecule has 5 nitrogen and oxygen atoms in total. The van der Waals surface area contributed by atoms with Gasteiger partial charge in [-0.25, -0.2) is 0 Å². The van der Waals surface area contributed by atoms with Gasteiger partial charge >= 0.3 is 11.9 Å². The Morgan fingerprint density at radius 3 is 1.77 bits per heavy atom. The van der Waals surface area contributed by atoms with E-state index in [0.29, 0.717) is 26.1 Å². The van der Waals surface area contributed by atoms with Gasteiger partial charge in [0.1, 0.15) is 12.2 Å². The third-order valence-corrected chi connectivity index (χ3v) is 1.99. The lowest BCUT2D eigenvalue weighted by Gasteiger charge is -2.28. The second kappa shape index (κ2) is 3.33. The van der Waals surface area contributed by atoms with Crippen molar-refractivity contribution in [3.05, 3.63) is 0 Å². The van der Waals surface area contributed by atoms with E-state index in [9.17, 15) is 9.59 Å². The summed E-state index contributed by atoms with van der Waals surface area (Å²) in [6.45, 7) is 0.805. The summed E-state index contributed by atoms with van der Waals surface area (Å²) in [4.78, 5) is 20.7. The van der Waals surface area contributed by atoms with Crippen LogP contribution in [-0.4, -0.2) is 37.4 Å². The number of cyclic esters (lactones) is 2. The summed E-state index contributed by atoms with van der Waals surface area (Å²) in [7, 11) is 0. The molecule has 2 atom stereocenters. The molecular weight excluding hydrogens is 176 g/mol. The van der Waals surface area contributed by atoms with Crippen LogP contribution >= 0.6 is 0 Å². The number of esters is 2. The van der Waals surface area contributed by atoms with E-state index in [-0.39, 0.29) is 24.1 Å². The first kappa shape index (κ1) is 8.50. The van der Waals surface area contributed by atoms with Gasteiger partial charge in [-0.05, 0) is 0 Å². The van der Waals surface area contributed by atoms with Crippen molar-refractivity contribution in [3.63, 3.8) is 0 Å². The Kier molecular flexibility index (Phi) is 2.18. The van der Waals surface area contributed by atoms with Crippen molar-refractivity contribution in [1.29, 1.82) is 0 Å². The molecule has 2 fully saturated rings. The van der Waals surface area contributed by atoms with E-state index in [1.807, 2.05) is 0 Å². The smallest absolute Gasteiger partial charge is 0.310 e. The van der Waals surface area contributed by atoms with Gasteiger partial charge in [-0.15, -0.1) is 0 Å². The molecule has 72 valence electrons. The molecule has 2 unspecified atom stereocenters. The molecule has 0 aliphatic carbocycles. The second-order valence-corrected chi connectivity index (χ2v) is 3.17. The molecule has 13 heavy (non-hydrogen) atoms. The van der Waals surface area contributed by atoms with Crippen molar-refractivity contribution >= 4 is 11.9 Å². The van der Waals surface area contributed by atoms with Crippen molar-refractivity contribution < 1.29 is 23.8 Å². The van der Waals surface area contributed by atoms with E-state index in [1.54, 1.807) is 0 Å². The number of carbonyl (C=O) groups is 2. The lowest BCUT2D eigenvalue weighted by molar-refractivity contribution is -0.183. The van der Waals surface area contributed by atoms with Crippen LogP contribution in [-0.2, 0) is 23.8 Å². The molecule has 0 bridgehead atoms. The molecule has 0 spiro atoms. The highest BCUT2D eigenvalue weighted by molar-refractivity contribution is 5.75. The van der Waals surface area contributed by atoms with Gasteiger partial charge < -0.3 is 14.2 Å². The van der Waals surface area contributed by atoms with Crippen LogP contribution in [0.1, 0.15) is 12.8 Å².